The minimum Gasteiger partial charge on any atom is -0.462 e. The van der Waals surface area contributed by atoms with E-state index in [1.54, 1.807) is 32.0 Å². The predicted octanol–water partition coefficient (Wildman–Crippen LogP) is 1.44. The molecule has 1 aliphatic rings. The molecule has 2 aromatic rings. The Kier molecular flexibility index (Phi) is 9.17. The molecule has 37 heavy (non-hydrogen) atoms. The number of hydrogen-bond acceptors (Lipinski definition) is 10. The largest absolute Gasteiger partial charge is 0.462 e. The van der Waals surface area contributed by atoms with Crippen LogP contribution in [-0.2, 0) is 23.4 Å². The van der Waals surface area contributed by atoms with Gasteiger partial charge >= 0.3 is 19.4 Å². The third kappa shape index (κ3) is 6.96. The van der Waals surface area contributed by atoms with E-state index in [9.17, 15) is 29.2 Å². The molecule has 0 saturated carbocycles. The Labute approximate surface area is 220 Å². The number of ether oxygens (including phenoxy) is 2. The maximum absolute atomic E-state index is 13.6. The van der Waals surface area contributed by atoms with Crippen LogP contribution in [-0.4, -0.2) is 62.3 Å². The van der Waals surface area contributed by atoms with Crippen LogP contribution in [0.2, 0.25) is 0 Å². The molecule has 0 amide bonds. The highest BCUT2D eigenvalue weighted by Gasteiger charge is 2.54. The summed E-state index contributed by atoms with van der Waals surface area (Å²) in [5.74, 6) is -0.524. The maximum Gasteiger partial charge on any atom is 0.459 e. The van der Waals surface area contributed by atoms with Crippen molar-refractivity contribution in [3.05, 3.63) is 61.8 Å². The second kappa shape index (κ2) is 11.6. The summed E-state index contributed by atoms with van der Waals surface area (Å²) in [6.07, 6.45) is -3.62. The normalized spacial score (nSPS) is 26.0. The first kappa shape index (κ1) is 29.2. The molecule has 0 unspecified atom stereocenters. The minimum absolute atomic E-state index is 0.00655. The fourth-order valence-corrected chi connectivity index (χ4v) is 5.34. The molecule has 2 heterocycles. The molecule has 1 saturated heterocycles. The first-order chi connectivity index (χ1) is 17.2. The quantitative estimate of drug-likeness (QED) is 0.227. The zero-order valence-electron chi connectivity index (χ0n) is 20.5. The number of aliphatic hydroxyl groups excluding tert-OH is 1. The van der Waals surface area contributed by atoms with E-state index >= 15 is 0 Å². The summed E-state index contributed by atoms with van der Waals surface area (Å²) in [6.45, 7) is 5.40. The highest BCUT2D eigenvalue weighted by Crippen LogP contribution is 2.46. The van der Waals surface area contributed by atoms with Crippen molar-refractivity contribution in [2.75, 3.05) is 6.61 Å². The molecule has 204 valence electrons. The van der Waals surface area contributed by atoms with Crippen LogP contribution in [0.15, 0.2) is 50.6 Å². The van der Waals surface area contributed by atoms with Gasteiger partial charge in [-0.05, 0) is 55.8 Å². The molecule has 1 aliphatic heterocycles. The molecule has 1 aromatic heterocycles. The van der Waals surface area contributed by atoms with E-state index in [2.05, 4.69) is 26.0 Å². The summed E-state index contributed by atoms with van der Waals surface area (Å²) in [6, 6.07) is 6.95. The minimum atomic E-state index is -4.28. The maximum atomic E-state index is 13.6. The lowest BCUT2D eigenvalue weighted by Crippen LogP contribution is -2.47. The number of para-hydroxylation sites is 1. The van der Waals surface area contributed by atoms with E-state index in [0.717, 1.165) is 10.8 Å². The van der Waals surface area contributed by atoms with Crippen molar-refractivity contribution in [1.29, 1.82) is 0 Å². The molecule has 1 aromatic carbocycles. The first-order valence-electron chi connectivity index (χ1n) is 11.3. The Bertz CT molecular complexity index is 1270. The van der Waals surface area contributed by atoms with Gasteiger partial charge in [0.25, 0.3) is 5.56 Å². The highest BCUT2D eigenvalue weighted by atomic mass is 79.9. The molecule has 0 aliphatic carbocycles. The molecular weight excluding hydrogens is 577 g/mol. The number of hydrogen-bond donors (Lipinski definition) is 4. The van der Waals surface area contributed by atoms with E-state index < -0.39 is 67.8 Å². The number of rotatable bonds is 10. The van der Waals surface area contributed by atoms with Crippen molar-refractivity contribution >= 4 is 29.6 Å². The number of nitrogens with one attached hydrogen (secondary N) is 2. The average Bonchev–Trinajstić information content (AvgIpc) is 3.03. The molecule has 6 atom stereocenters. The Balaban J connectivity index is 1.82. The second-order valence-corrected chi connectivity index (χ2v) is 11.4. The van der Waals surface area contributed by atoms with E-state index in [1.807, 2.05) is 0 Å². The first-order valence-corrected chi connectivity index (χ1v) is 13.6. The summed E-state index contributed by atoms with van der Waals surface area (Å²) in [5, 5.41) is 24.2. The number of carbonyl (C=O) groups excluding carboxylic acids is 1. The van der Waals surface area contributed by atoms with Crippen molar-refractivity contribution in [2.24, 2.45) is 0 Å². The Morgan fingerprint density at radius 2 is 1.95 bits per heavy atom. The van der Waals surface area contributed by atoms with Crippen LogP contribution < -0.4 is 20.9 Å². The van der Waals surface area contributed by atoms with E-state index in [-0.39, 0.29) is 10.2 Å². The van der Waals surface area contributed by atoms with Gasteiger partial charge < -0.3 is 24.2 Å². The van der Waals surface area contributed by atoms with Gasteiger partial charge in [-0.25, -0.2) is 9.36 Å². The SMILES string of the molecule is CC(C)OC(=O)[C@@H](C)N[P@@](=O)(OC[C@H]1O[C@@H](n2cc(Br)c(=O)[nH]c2=O)[C@](C)(O)[C@@H]1O)Oc1ccccc1. The summed E-state index contributed by atoms with van der Waals surface area (Å²) < 4.78 is 36.4. The number of carbonyl (C=O) groups is 1. The van der Waals surface area contributed by atoms with E-state index in [1.165, 1.54) is 26.0 Å². The number of benzene rings is 1. The van der Waals surface area contributed by atoms with Crippen molar-refractivity contribution in [3.8, 4) is 5.75 Å². The van der Waals surface area contributed by atoms with Crippen LogP contribution in [0.5, 0.6) is 5.75 Å². The fourth-order valence-electron chi connectivity index (χ4n) is 3.52. The molecule has 0 spiro atoms. The molecule has 0 radical (unpaired) electrons. The average molecular weight is 606 g/mol. The topological polar surface area (TPSA) is 178 Å². The Morgan fingerprint density at radius 3 is 2.57 bits per heavy atom. The molecule has 4 N–H and O–H groups in total. The predicted molar refractivity (Wildman–Crippen MR) is 134 cm³/mol. The molecule has 3 rings (SSSR count). The van der Waals surface area contributed by atoms with Gasteiger partial charge in [-0.15, -0.1) is 0 Å². The number of aromatic amines is 1. The zero-order valence-corrected chi connectivity index (χ0v) is 23.0. The van der Waals surface area contributed by atoms with Crippen molar-refractivity contribution in [3.63, 3.8) is 0 Å². The number of aromatic nitrogens is 2. The van der Waals surface area contributed by atoms with Gasteiger partial charge in [-0.2, -0.15) is 5.09 Å². The van der Waals surface area contributed by atoms with Gasteiger partial charge in [-0.3, -0.25) is 23.7 Å². The Morgan fingerprint density at radius 1 is 1.30 bits per heavy atom. The van der Waals surface area contributed by atoms with Gasteiger partial charge in [0.15, 0.2) is 6.23 Å². The fraction of sp³-hybridized carbons (Fsp3) is 0.500. The van der Waals surface area contributed by atoms with Crippen LogP contribution in [0.1, 0.15) is 33.9 Å². The lowest BCUT2D eigenvalue weighted by atomic mass is 9.96. The lowest BCUT2D eigenvalue weighted by Gasteiger charge is -2.27. The van der Waals surface area contributed by atoms with Gasteiger partial charge in [-0.1, -0.05) is 18.2 Å². The van der Waals surface area contributed by atoms with Crippen LogP contribution >= 0.6 is 23.7 Å². The standard InChI is InChI=1S/C22H29BrN3O10P/c1-12(2)34-19(29)13(3)25-37(32,36-14-8-6-5-7-9-14)33-11-16-17(27)22(4,31)20(35-16)26-10-15(23)18(28)24-21(26)30/h5-10,12-13,16-17,20,27,31H,11H2,1-4H3,(H,25,32)(H,24,28,30)/t13-,16-,17-,20-,22-,37-/m1/s1. The molecule has 0 bridgehead atoms. The third-order valence-corrected chi connectivity index (χ3v) is 7.57. The molecular formula is C22H29BrN3O10P. The summed E-state index contributed by atoms with van der Waals surface area (Å²) in [5.41, 5.74) is -3.58. The second-order valence-electron chi connectivity index (χ2n) is 8.88. The molecule has 15 heteroatoms. The van der Waals surface area contributed by atoms with Gasteiger partial charge in [0.05, 0.1) is 17.2 Å². The lowest BCUT2D eigenvalue weighted by molar-refractivity contribution is -0.149. The summed E-state index contributed by atoms with van der Waals surface area (Å²) in [4.78, 5) is 38.4. The van der Waals surface area contributed by atoms with Crippen LogP contribution in [0, 0.1) is 0 Å². The van der Waals surface area contributed by atoms with Crippen molar-refractivity contribution in [1.82, 2.24) is 14.6 Å². The summed E-state index contributed by atoms with van der Waals surface area (Å²) >= 11 is 3.01. The van der Waals surface area contributed by atoms with Crippen LogP contribution in [0.25, 0.3) is 0 Å². The van der Waals surface area contributed by atoms with Crippen LogP contribution in [0.4, 0.5) is 0 Å². The van der Waals surface area contributed by atoms with E-state index in [0.29, 0.717) is 0 Å². The van der Waals surface area contributed by atoms with Crippen molar-refractivity contribution < 1.29 is 38.1 Å². The van der Waals surface area contributed by atoms with Gasteiger partial charge in [0.1, 0.15) is 29.6 Å². The number of esters is 1. The third-order valence-electron chi connectivity index (χ3n) is 5.37. The zero-order chi connectivity index (χ0) is 27.5. The molecule has 1 fully saturated rings. The molecule has 13 nitrogen and oxygen atoms in total. The number of nitrogens with zero attached hydrogens (tertiary/aromatic N) is 1. The van der Waals surface area contributed by atoms with E-state index in [4.69, 9.17) is 18.5 Å². The smallest absolute Gasteiger partial charge is 0.459 e. The van der Waals surface area contributed by atoms with Crippen molar-refractivity contribution in [2.45, 2.75) is 63.9 Å². The van der Waals surface area contributed by atoms with Gasteiger partial charge in [0.2, 0.25) is 0 Å². The summed E-state index contributed by atoms with van der Waals surface area (Å²) in [7, 11) is -4.28. The monoisotopic (exact) mass is 605 g/mol. The number of halogens is 1. The Hall–Kier alpha value is -2.32. The number of H-pyrrole nitrogens is 1. The highest BCUT2D eigenvalue weighted by molar-refractivity contribution is 9.10. The number of aliphatic hydroxyl groups is 2. The van der Waals surface area contributed by atoms with Gasteiger partial charge in [0, 0.05) is 6.20 Å². The van der Waals surface area contributed by atoms with Crippen LogP contribution in [0.3, 0.4) is 0 Å².